The second kappa shape index (κ2) is 8.45. The summed E-state index contributed by atoms with van der Waals surface area (Å²) in [5.41, 5.74) is 1.98. The standard InChI is InChI=1S/C22H23FN4O2/c23-17-7-8-19-16(13-17)14-20(25-19)22(29)27-10-4-9-26(11-12-27)15-21(28)24-18-5-2-1-3-6-18/h1-3,5-8,13-14,25H,4,9-12,15H2,(H,24,28). The van der Waals surface area contributed by atoms with Crippen molar-refractivity contribution < 1.29 is 14.0 Å². The molecule has 0 radical (unpaired) electrons. The molecule has 1 aliphatic rings. The summed E-state index contributed by atoms with van der Waals surface area (Å²) in [6, 6.07) is 15.5. The summed E-state index contributed by atoms with van der Waals surface area (Å²) in [5, 5.41) is 3.57. The first kappa shape index (κ1) is 19.1. The summed E-state index contributed by atoms with van der Waals surface area (Å²) < 4.78 is 13.4. The van der Waals surface area contributed by atoms with Crippen molar-refractivity contribution in [2.75, 3.05) is 38.0 Å². The number of nitrogens with one attached hydrogen (secondary N) is 2. The van der Waals surface area contributed by atoms with Crippen LogP contribution in [0.2, 0.25) is 0 Å². The molecule has 0 bridgehead atoms. The Morgan fingerprint density at radius 3 is 2.66 bits per heavy atom. The molecule has 3 aromatic rings. The van der Waals surface area contributed by atoms with Gasteiger partial charge < -0.3 is 15.2 Å². The van der Waals surface area contributed by atoms with Crippen LogP contribution >= 0.6 is 0 Å². The quantitative estimate of drug-likeness (QED) is 0.715. The van der Waals surface area contributed by atoms with Gasteiger partial charge in [0.1, 0.15) is 11.5 Å². The minimum Gasteiger partial charge on any atom is -0.351 e. The van der Waals surface area contributed by atoms with Gasteiger partial charge in [0.25, 0.3) is 5.91 Å². The minimum atomic E-state index is -0.324. The van der Waals surface area contributed by atoms with Crippen LogP contribution in [0.25, 0.3) is 10.9 Å². The van der Waals surface area contributed by atoms with Gasteiger partial charge in [0.2, 0.25) is 5.91 Å². The van der Waals surface area contributed by atoms with Gasteiger partial charge in [-0.15, -0.1) is 0 Å². The van der Waals surface area contributed by atoms with Crippen LogP contribution in [0.15, 0.2) is 54.6 Å². The molecular formula is C22H23FN4O2. The van der Waals surface area contributed by atoms with E-state index >= 15 is 0 Å². The molecule has 7 heteroatoms. The molecule has 2 amide bonds. The molecule has 0 unspecified atom stereocenters. The Kier molecular flexibility index (Phi) is 5.57. The van der Waals surface area contributed by atoms with Crippen LogP contribution in [0.3, 0.4) is 0 Å². The van der Waals surface area contributed by atoms with Crippen LogP contribution in [0.4, 0.5) is 10.1 Å². The summed E-state index contributed by atoms with van der Waals surface area (Å²) in [7, 11) is 0. The lowest BCUT2D eigenvalue weighted by Gasteiger charge is -2.21. The van der Waals surface area contributed by atoms with E-state index in [-0.39, 0.29) is 17.6 Å². The van der Waals surface area contributed by atoms with E-state index in [4.69, 9.17) is 0 Å². The number of rotatable bonds is 4. The predicted octanol–water partition coefficient (Wildman–Crippen LogP) is 3.09. The van der Waals surface area contributed by atoms with Crippen molar-refractivity contribution in [3.63, 3.8) is 0 Å². The number of carbonyl (C=O) groups excluding carboxylic acids is 2. The molecule has 1 saturated heterocycles. The summed E-state index contributed by atoms with van der Waals surface area (Å²) in [4.78, 5) is 32.1. The first-order valence-electron chi connectivity index (χ1n) is 9.73. The molecule has 0 saturated carbocycles. The molecular weight excluding hydrogens is 371 g/mol. The molecule has 150 valence electrons. The zero-order chi connectivity index (χ0) is 20.2. The first-order chi connectivity index (χ1) is 14.1. The maximum atomic E-state index is 13.4. The lowest BCUT2D eigenvalue weighted by atomic mass is 10.2. The fourth-order valence-electron chi connectivity index (χ4n) is 3.65. The van der Waals surface area contributed by atoms with Gasteiger partial charge >= 0.3 is 0 Å². The number of aromatic amines is 1. The number of aromatic nitrogens is 1. The second-order valence-corrected chi connectivity index (χ2v) is 7.25. The van der Waals surface area contributed by atoms with Crippen LogP contribution in [0.5, 0.6) is 0 Å². The molecule has 4 rings (SSSR count). The van der Waals surface area contributed by atoms with Crippen molar-refractivity contribution in [3.8, 4) is 0 Å². The number of benzene rings is 2. The number of nitrogens with zero attached hydrogens (tertiary/aromatic N) is 2. The summed E-state index contributed by atoms with van der Waals surface area (Å²) in [6.07, 6.45) is 0.791. The number of anilines is 1. The average Bonchev–Trinajstić information content (AvgIpc) is 2.99. The number of halogens is 1. The van der Waals surface area contributed by atoms with Crippen LogP contribution < -0.4 is 5.32 Å². The van der Waals surface area contributed by atoms with Crippen LogP contribution in [-0.4, -0.2) is 59.3 Å². The zero-order valence-corrected chi connectivity index (χ0v) is 16.0. The normalized spacial score (nSPS) is 15.3. The van der Waals surface area contributed by atoms with E-state index in [9.17, 15) is 14.0 Å². The summed E-state index contributed by atoms with van der Waals surface area (Å²) >= 11 is 0. The van der Waals surface area contributed by atoms with Gasteiger partial charge in [-0.1, -0.05) is 18.2 Å². The Morgan fingerprint density at radius 1 is 1.00 bits per heavy atom. The maximum Gasteiger partial charge on any atom is 0.270 e. The van der Waals surface area contributed by atoms with E-state index in [0.29, 0.717) is 37.3 Å². The van der Waals surface area contributed by atoms with Gasteiger partial charge in [-0.3, -0.25) is 14.5 Å². The maximum absolute atomic E-state index is 13.4. The monoisotopic (exact) mass is 394 g/mol. The molecule has 1 aliphatic heterocycles. The Morgan fingerprint density at radius 2 is 1.83 bits per heavy atom. The van der Waals surface area contributed by atoms with E-state index in [1.54, 1.807) is 17.0 Å². The molecule has 1 fully saturated rings. The Hall–Kier alpha value is -3.19. The summed E-state index contributed by atoms with van der Waals surface area (Å²) in [5.74, 6) is -0.486. The lowest BCUT2D eigenvalue weighted by molar-refractivity contribution is -0.117. The Labute approximate surface area is 168 Å². The molecule has 29 heavy (non-hydrogen) atoms. The number of carbonyl (C=O) groups is 2. The fraction of sp³-hybridized carbons (Fsp3) is 0.273. The molecule has 0 spiro atoms. The van der Waals surface area contributed by atoms with Crippen LogP contribution in [0.1, 0.15) is 16.9 Å². The van der Waals surface area contributed by atoms with Gasteiger partial charge in [0.05, 0.1) is 6.54 Å². The van der Waals surface area contributed by atoms with E-state index in [2.05, 4.69) is 15.2 Å². The highest BCUT2D eigenvalue weighted by Gasteiger charge is 2.22. The minimum absolute atomic E-state index is 0.0615. The number of amides is 2. The molecule has 2 aromatic carbocycles. The van der Waals surface area contributed by atoms with Crippen molar-refractivity contribution in [2.45, 2.75) is 6.42 Å². The topological polar surface area (TPSA) is 68.4 Å². The number of hydrogen-bond donors (Lipinski definition) is 2. The Balaban J connectivity index is 1.35. The molecule has 2 N–H and O–H groups in total. The van der Waals surface area contributed by atoms with E-state index in [1.807, 2.05) is 30.3 Å². The third-order valence-corrected chi connectivity index (χ3v) is 5.11. The Bertz CT molecular complexity index is 1020. The van der Waals surface area contributed by atoms with Crippen LogP contribution in [0, 0.1) is 5.82 Å². The SMILES string of the molecule is O=C(CN1CCCN(C(=O)c2cc3cc(F)ccc3[nH]2)CC1)Nc1ccccc1. The van der Waals surface area contributed by atoms with E-state index in [1.165, 1.54) is 12.1 Å². The first-order valence-corrected chi connectivity index (χ1v) is 9.73. The fourth-order valence-corrected chi connectivity index (χ4v) is 3.65. The summed E-state index contributed by atoms with van der Waals surface area (Å²) in [6.45, 7) is 2.84. The average molecular weight is 394 g/mol. The van der Waals surface area contributed by atoms with Crippen molar-refractivity contribution in [1.82, 2.24) is 14.8 Å². The van der Waals surface area contributed by atoms with Crippen LogP contribution in [-0.2, 0) is 4.79 Å². The number of para-hydroxylation sites is 1. The van der Waals surface area contributed by atoms with Gasteiger partial charge in [-0.2, -0.15) is 0 Å². The van der Waals surface area contributed by atoms with Crippen molar-refractivity contribution in [1.29, 1.82) is 0 Å². The van der Waals surface area contributed by atoms with E-state index in [0.717, 1.165) is 24.2 Å². The third-order valence-electron chi connectivity index (χ3n) is 5.11. The predicted molar refractivity (Wildman–Crippen MR) is 110 cm³/mol. The highest BCUT2D eigenvalue weighted by molar-refractivity contribution is 5.98. The van der Waals surface area contributed by atoms with Gasteiger partial charge in [0.15, 0.2) is 0 Å². The van der Waals surface area contributed by atoms with Crippen molar-refractivity contribution in [2.24, 2.45) is 0 Å². The lowest BCUT2D eigenvalue weighted by Crippen LogP contribution is -2.38. The second-order valence-electron chi connectivity index (χ2n) is 7.25. The van der Waals surface area contributed by atoms with Crippen molar-refractivity contribution in [3.05, 3.63) is 66.1 Å². The highest BCUT2D eigenvalue weighted by Crippen LogP contribution is 2.18. The van der Waals surface area contributed by atoms with Gasteiger partial charge in [0, 0.05) is 42.8 Å². The molecule has 2 heterocycles. The van der Waals surface area contributed by atoms with Crippen molar-refractivity contribution >= 4 is 28.4 Å². The number of fused-ring (bicyclic) bond motifs is 1. The molecule has 0 atom stereocenters. The van der Waals surface area contributed by atoms with Gasteiger partial charge in [-0.05, 0) is 42.8 Å². The number of hydrogen-bond acceptors (Lipinski definition) is 3. The molecule has 6 nitrogen and oxygen atoms in total. The molecule has 0 aliphatic carbocycles. The van der Waals surface area contributed by atoms with E-state index < -0.39 is 0 Å². The number of H-pyrrole nitrogens is 1. The van der Waals surface area contributed by atoms with Gasteiger partial charge in [-0.25, -0.2) is 4.39 Å². The molecule has 1 aromatic heterocycles. The zero-order valence-electron chi connectivity index (χ0n) is 16.0. The third kappa shape index (κ3) is 4.63. The smallest absolute Gasteiger partial charge is 0.270 e. The highest BCUT2D eigenvalue weighted by atomic mass is 19.1. The largest absolute Gasteiger partial charge is 0.351 e.